The Bertz CT molecular complexity index is 6360. The first kappa shape index (κ1) is 108. The monoisotopic (exact) mass is 1940 g/mol. The number of fused-ring (bicyclic) bond motifs is 6. The van der Waals surface area contributed by atoms with Crippen molar-refractivity contribution in [3.63, 3.8) is 0 Å². The molecule has 4 aromatic carbocycles. The van der Waals surface area contributed by atoms with E-state index in [2.05, 4.69) is 236 Å². The molecule has 4 saturated carbocycles. The Morgan fingerprint density at radius 3 is 1.77 bits per heavy atom. The fourth-order valence-corrected chi connectivity index (χ4v) is 19.2. The predicted octanol–water partition coefficient (Wildman–Crippen LogP) is 26.6. The Labute approximate surface area is 816 Å². The topological polar surface area (TPSA) is 290 Å². The van der Waals surface area contributed by atoms with Gasteiger partial charge in [0.25, 0.3) is 11.8 Å². The van der Waals surface area contributed by atoms with Crippen LogP contribution in [0.15, 0.2) is 136 Å². The number of ether oxygens (including phenoxy) is 2. The molecule has 3 amide bonds. The van der Waals surface area contributed by atoms with Crippen LogP contribution in [0.2, 0.25) is 0 Å². The van der Waals surface area contributed by atoms with Crippen molar-refractivity contribution in [2.45, 2.75) is 344 Å². The van der Waals surface area contributed by atoms with Gasteiger partial charge in [-0.3, -0.25) is 34.0 Å². The van der Waals surface area contributed by atoms with Crippen LogP contribution < -0.4 is 31.0 Å². The number of amides is 3. The fraction of sp³-hybridized carbons (Fsp3) is 0.528. The summed E-state index contributed by atoms with van der Waals surface area (Å²) in [4.78, 5) is 65.1. The molecule has 0 bridgehead atoms. The second-order valence-electron chi connectivity index (χ2n) is 46.4. The Kier molecular flexibility index (Phi) is 32.0. The van der Waals surface area contributed by atoms with Crippen LogP contribution in [-0.4, -0.2) is 90.3 Å². The number of hydrazine groups is 1. The fourth-order valence-electron chi connectivity index (χ4n) is 17.6. The van der Waals surface area contributed by atoms with Crippen molar-refractivity contribution >= 4 is 78.5 Å². The maximum atomic E-state index is 14.3. The molecule has 12 aromatic rings. The third-order valence-electron chi connectivity index (χ3n) is 25.6. The molecule has 8 aromatic heterocycles. The molecule has 746 valence electrons. The van der Waals surface area contributed by atoms with Gasteiger partial charge in [-0.15, -0.1) is 20.1 Å². The van der Waals surface area contributed by atoms with Crippen LogP contribution in [0.4, 0.5) is 32.2 Å². The van der Waals surface area contributed by atoms with Gasteiger partial charge in [0.2, 0.25) is 5.91 Å². The molecule has 3 aliphatic heterocycles. The van der Waals surface area contributed by atoms with E-state index in [4.69, 9.17) is 14.8 Å². The number of aromatic nitrogens is 10. The normalized spacial score (nSPS) is 18.9. The quantitative estimate of drug-likeness (QED) is 0.113. The van der Waals surface area contributed by atoms with Crippen molar-refractivity contribution in [3.05, 3.63) is 212 Å². The number of benzene rings is 4. The summed E-state index contributed by atoms with van der Waals surface area (Å²) in [6.45, 7) is 61.4. The van der Waals surface area contributed by atoms with Crippen molar-refractivity contribution < 1.29 is 63.5 Å². The van der Waals surface area contributed by atoms with Crippen molar-refractivity contribution in [1.29, 1.82) is 0 Å². The molecule has 7 aliphatic rings. The lowest BCUT2D eigenvalue weighted by Crippen LogP contribution is -2.39. The molecule has 4 aliphatic carbocycles. The van der Waals surface area contributed by atoms with Crippen molar-refractivity contribution in [2.24, 2.45) is 28.4 Å². The second-order valence-corrected chi connectivity index (χ2v) is 48.8. The molecule has 6 atom stereocenters. The third kappa shape index (κ3) is 26.0. The minimum atomic E-state index is -3.70. The molecule has 138 heavy (non-hydrogen) atoms. The number of nitrogens with one attached hydrogen (secondary N) is 3. The zero-order valence-electron chi connectivity index (χ0n) is 86.1. The number of imidazole rings is 1. The first-order valence-corrected chi connectivity index (χ1v) is 50.0. The molecule has 22 nitrogen and oxygen atoms in total. The Hall–Kier alpha value is -10.9. The number of halogens is 6. The lowest BCUT2D eigenvalue weighted by Gasteiger charge is -2.29. The standard InChI is InChI=1S/C16H20F2N2.C16H16FN3.C14H17NOS.C13H19N3O.C11H11F3O2.C11H17NO.C10H18.C9H12N2OS.C8H12N2O2/c1-16(2,3)15-19-12-9-8-11(17)13(18)14(12)20(15)10-6-4-5-7-10;1-16(2,3)15-18-8-7-13(20-15)14-9-10-11(17)5-4-6-12(10)19-14;1-14(2,3)12-7-8-15-13-9-10(17(4)16)5-6-11(12)13;1-9-8-11(17)15-16(9)12-10(13(2,3)4)6-5-7-14-12;1-10(2,3)6-4-8-9(5-7(6)12)16-11(13,14)15-8;1-7-5-8(7)9-6-10(13-12-9)11(2,3)4;1-9(2,3)10-6-4-5-8(10)7-10;1-9(2,3)8-11-5-4-10-7(12)6(5)13-8;1-8(2,3)6-5(7(9)11)4-10-12-6/h8-10H,4-7H2,1-3H3;4-9,19H,1-3H3;5-9H,1-4H3;5-7,9H,8H2,1-4H3,(H,15,17);4-5H,1-3H3;6-8H,5H2,1-4H3;8H,4-7H2,1-3H3;4H2,1-3H3,(H,10,12);4H,1-3H3,(H2,9,11). The number of carbonyl (C=O) groups excluding carboxylic acids is 3. The van der Waals surface area contributed by atoms with E-state index in [1.54, 1.807) is 57.6 Å². The van der Waals surface area contributed by atoms with Crippen LogP contribution in [0.25, 0.3) is 44.2 Å². The summed E-state index contributed by atoms with van der Waals surface area (Å²) >= 11 is 1.51. The average Bonchev–Trinajstić information content (AvgIpc) is 1.54. The summed E-state index contributed by atoms with van der Waals surface area (Å²) in [5, 5.41) is 15.1. The van der Waals surface area contributed by atoms with Gasteiger partial charge >= 0.3 is 6.29 Å². The van der Waals surface area contributed by atoms with Gasteiger partial charge in [0.05, 0.1) is 64.0 Å². The van der Waals surface area contributed by atoms with Crippen molar-refractivity contribution in [3.8, 4) is 22.9 Å². The number of pyridine rings is 2. The van der Waals surface area contributed by atoms with Crippen LogP contribution in [0.1, 0.15) is 353 Å². The van der Waals surface area contributed by atoms with E-state index in [0.717, 1.165) is 138 Å². The lowest BCUT2D eigenvalue weighted by atomic mass is 9.76. The van der Waals surface area contributed by atoms with Gasteiger partial charge in [0.15, 0.2) is 34.7 Å². The molecule has 19 rings (SSSR count). The Balaban J connectivity index is 0.000000150. The van der Waals surface area contributed by atoms with E-state index in [0.29, 0.717) is 57.6 Å². The van der Waals surface area contributed by atoms with Crippen LogP contribution in [-0.2, 0) is 65.5 Å². The first-order valence-electron chi connectivity index (χ1n) is 47.6. The Morgan fingerprint density at radius 1 is 0.609 bits per heavy atom. The number of carbonyl (C=O) groups is 3. The molecule has 0 radical (unpaired) electrons. The van der Waals surface area contributed by atoms with Crippen molar-refractivity contribution in [1.82, 2.24) is 60.5 Å². The minimum absolute atomic E-state index is 0.0105. The molecule has 6 unspecified atom stereocenters. The van der Waals surface area contributed by atoms with Gasteiger partial charge in [0.1, 0.15) is 45.0 Å². The average molecular weight is 1940 g/mol. The van der Waals surface area contributed by atoms with Crippen LogP contribution in [0.5, 0.6) is 11.5 Å². The second kappa shape index (κ2) is 41.1. The highest BCUT2D eigenvalue weighted by atomic mass is 32.2. The molecule has 1 saturated heterocycles. The number of rotatable bonds is 6. The number of alkyl halides is 2. The number of nitrogens with zero attached hydrogens (tertiary/aromatic N) is 10. The molecule has 0 spiro atoms. The van der Waals surface area contributed by atoms with Gasteiger partial charge in [0, 0.05) is 114 Å². The molecule has 30 heteroatoms. The zero-order valence-corrected chi connectivity index (χ0v) is 87.7. The van der Waals surface area contributed by atoms with Gasteiger partial charge in [-0.2, -0.15) is 0 Å². The van der Waals surface area contributed by atoms with E-state index in [1.165, 1.54) is 67.3 Å². The number of thiazole rings is 1. The summed E-state index contributed by atoms with van der Waals surface area (Å²) in [6, 6.07) is 28.0. The number of anilines is 1. The predicted molar refractivity (Wildman–Crippen MR) is 537 cm³/mol. The maximum Gasteiger partial charge on any atom is 0.586 e. The van der Waals surface area contributed by atoms with Crippen molar-refractivity contribution in [2.75, 3.05) is 11.3 Å². The first-order chi connectivity index (χ1) is 63.8. The minimum Gasteiger partial charge on any atom is -0.395 e. The van der Waals surface area contributed by atoms with Gasteiger partial charge in [-0.1, -0.05) is 242 Å². The maximum absolute atomic E-state index is 14.3. The lowest BCUT2D eigenvalue weighted by molar-refractivity contribution is -0.286. The summed E-state index contributed by atoms with van der Waals surface area (Å²) in [7, 11) is -0.953. The Morgan fingerprint density at radius 2 is 1.25 bits per heavy atom. The van der Waals surface area contributed by atoms with Crippen LogP contribution in [0, 0.1) is 45.9 Å². The van der Waals surface area contributed by atoms with Crippen LogP contribution >= 0.6 is 11.3 Å². The summed E-state index contributed by atoms with van der Waals surface area (Å²) in [5.41, 5.74) is 17.9. The summed E-state index contributed by atoms with van der Waals surface area (Å²) < 4.78 is 113. The number of hydrogen-bond acceptors (Lipinski definition) is 18. The highest BCUT2D eigenvalue weighted by Crippen LogP contribution is 2.71. The number of H-pyrrole nitrogens is 1. The zero-order chi connectivity index (χ0) is 102. The molecule has 5 fully saturated rings. The number of hydrogen-bond donors (Lipinski definition) is 4. The van der Waals surface area contributed by atoms with E-state index < -0.39 is 45.9 Å². The molecular weight excluding hydrogens is 1800 g/mol. The van der Waals surface area contributed by atoms with E-state index >= 15 is 0 Å². The SMILES string of the molecule is CC(C)(C)C12CCCC1C2.CC(C)(C)c1cc2c(cc1F)OC(F)(F)O2.CC(C)(C)c1nc2c(s1)C(=O)NC2.CC(C)(C)c1nc2ccc(F)c(F)c2n1C1CCCC1.CC(C)(C)c1nccc(-c2cc3c(F)cccc3[nH]2)n1.CC(C)(C)c1oncc1C(N)=O.CC1CC(=O)NN1c1ncccc1C(C)(C)C.CC1CC1c1cc(C(C)(C)C)on1.CS(=O)c1ccc2c(C(C)(C)C)ccnc2c1. The summed E-state index contributed by atoms with van der Waals surface area (Å²) in [6.07, 6.45) is 16.9. The molecule has 5 N–H and O–H groups in total. The number of aromatic amines is 1. The van der Waals surface area contributed by atoms with Crippen LogP contribution in [0.3, 0.4) is 0 Å². The highest BCUT2D eigenvalue weighted by molar-refractivity contribution is 7.84. The van der Waals surface area contributed by atoms with E-state index in [1.807, 2.05) is 79.9 Å². The van der Waals surface area contributed by atoms with Gasteiger partial charge in [-0.05, 0) is 162 Å². The van der Waals surface area contributed by atoms with E-state index in [9.17, 15) is 44.9 Å². The van der Waals surface area contributed by atoms with Gasteiger partial charge < -0.3 is 39.1 Å². The van der Waals surface area contributed by atoms with E-state index in [-0.39, 0.29) is 79.1 Å². The number of primary amides is 1. The van der Waals surface area contributed by atoms with Gasteiger partial charge in [-0.25, -0.2) is 42.5 Å². The number of nitrogens with two attached hydrogens (primary N) is 1. The highest BCUT2D eigenvalue weighted by Gasteiger charge is 2.62. The third-order valence-corrected chi connectivity index (χ3v) is 28.0. The molecule has 11 heterocycles. The smallest absolute Gasteiger partial charge is 0.395 e. The summed E-state index contributed by atoms with van der Waals surface area (Å²) in [5.74, 6) is 3.44. The molecular formula is C108H142F6N14O8S2. The largest absolute Gasteiger partial charge is 0.586 e.